The van der Waals surface area contributed by atoms with Gasteiger partial charge in [0, 0.05) is 12.1 Å². The molecule has 1 rings (SSSR count). The quantitative estimate of drug-likeness (QED) is 0.369. The zero-order chi connectivity index (χ0) is 13.7. The molecule has 0 aliphatic rings. The van der Waals surface area contributed by atoms with Gasteiger partial charge in [0.2, 0.25) is 5.91 Å². The molecule has 6 heteroatoms. The number of thioether (sulfide) groups is 1. The lowest BCUT2D eigenvalue weighted by atomic mass is 9.99. The molecule has 1 aromatic heterocycles. The van der Waals surface area contributed by atoms with Crippen molar-refractivity contribution in [2.75, 3.05) is 6.26 Å². The smallest absolute Gasteiger partial charge is 0.234 e. The normalized spacial score (nSPS) is 9.94. The highest BCUT2D eigenvalue weighted by Crippen LogP contribution is 2.25. The van der Waals surface area contributed by atoms with Gasteiger partial charge in [0.25, 0.3) is 0 Å². The highest BCUT2D eigenvalue weighted by atomic mass is 32.2. The zero-order valence-electron chi connectivity index (χ0n) is 10.7. The van der Waals surface area contributed by atoms with Gasteiger partial charge in [-0.1, -0.05) is 0 Å². The molecule has 96 valence electrons. The number of amides is 1. The van der Waals surface area contributed by atoms with Gasteiger partial charge in [-0.15, -0.1) is 11.8 Å². The minimum absolute atomic E-state index is 0.221. The fourth-order valence-electron chi connectivity index (χ4n) is 1.82. The summed E-state index contributed by atoms with van der Waals surface area (Å²) in [5.41, 5.74) is 5.41. The molecule has 0 aliphatic carbocycles. The summed E-state index contributed by atoms with van der Waals surface area (Å²) in [7, 11) is 0. The monoisotopic (exact) mass is 264 g/mol. The maximum atomic E-state index is 11.2. The Morgan fingerprint density at radius 3 is 2.72 bits per heavy atom. The number of nitrogens with one attached hydrogen (secondary N) is 1. The molecule has 0 unspecified atom stereocenters. The molecule has 0 aromatic carbocycles. The highest BCUT2D eigenvalue weighted by molar-refractivity contribution is 7.98. The predicted octanol–water partition coefficient (Wildman–Crippen LogP) is 1.21. The van der Waals surface area contributed by atoms with E-state index in [1.165, 1.54) is 11.8 Å². The van der Waals surface area contributed by atoms with E-state index in [2.05, 4.69) is 16.5 Å². The third kappa shape index (κ3) is 3.00. The molecule has 0 spiro atoms. The molecule has 0 aliphatic heterocycles. The van der Waals surface area contributed by atoms with Crippen molar-refractivity contribution >= 4 is 17.7 Å². The van der Waals surface area contributed by atoms with Crippen LogP contribution >= 0.6 is 11.8 Å². The van der Waals surface area contributed by atoms with Crippen LogP contribution in [0, 0.1) is 25.2 Å². The Morgan fingerprint density at radius 1 is 1.56 bits per heavy atom. The van der Waals surface area contributed by atoms with Crippen LogP contribution in [0.2, 0.25) is 0 Å². The third-order valence-corrected chi connectivity index (χ3v) is 3.50. The molecule has 18 heavy (non-hydrogen) atoms. The predicted molar refractivity (Wildman–Crippen MR) is 70.9 cm³/mol. The van der Waals surface area contributed by atoms with E-state index in [4.69, 9.17) is 11.1 Å². The first kappa shape index (κ1) is 14.5. The number of hydrogen-bond acceptors (Lipinski definition) is 5. The van der Waals surface area contributed by atoms with Gasteiger partial charge < -0.3 is 0 Å². The number of nitriles is 1. The second-order valence-electron chi connectivity index (χ2n) is 3.86. The Balaban J connectivity index is 3.13. The topological polar surface area (TPSA) is 91.8 Å². The van der Waals surface area contributed by atoms with E-state index in [0.717, 1.165) is 21.8 Å². The first-order valence-electron chi connectivity index (χ1n) is 5.48. The summed E-state index contributed by atoms with van der Waals surface area (Å²) in [6.07, 6.45) is 2.73. The van der Waals surface area contributed by atoms with Gasteiger partial charge in [0.05, 0.1) is 5.56 Å². The van der Waals surface area contributed by atoms with Crippen LogP contribution in [0.15, 0.2) is 5.03 Å². The van der Waals surface area contributed by atoms with Crippen LogP contribution in [0.4, 0.5) is 0 Å². The van der Waals surface area contributed by atoms with Crippen LogP contribution in [0.25, 0.3) is 0 Å². The molecule has 0 fully saturated rings. The number of nitrogens with two attached hydrogens (primary N) is 1. The maximum Gasteiger partial charge on any atom is 0.234 e. The Bertz CT molecular complexity index is 508. The summed E-state index contributed by atoms with van der Waals surface area (Å²) in [5, 5.41) is 9.90. The van der Waals surface area contributed by atoms with Gasteiger partial charge >= 0.3 is 0 Å². The van der Waals surface area contributed by atoms with Crippen LogP contribution in [0.3, 0.4) is 0 Å². The van der Waals surface area contributed by atoms with Crippen LogP contribution < -0.4 is 11.3 Å². The number of aryl methyl sites for hydroxylation is 1. The highest BCUT2D eigenvalue weighted by Gasteiger charge is 2.14. The van der Waals surface area contributed by atoms with Crippen LogP contribution in [-0.4, -0.2) is 17.1 Å². The number of nitrogens with zero attached hydrogens (tertiary/aromatic N) is 2. The van der Waals surface area contributed by atoms with Crippen molar-refractivity contribution in [3.05, 3.63) is 22.4 Å². The van der Waals surface area contributed by atoms with E-state index in [9.17, 15) is 4.79 Å². The summed E-state index contributed by atoms with van der Waals surface area (Å²) in [6.45, 7) is 3.78. The van der Waals surface area contributed by atoms with Gasteiger partial charge in [0.1, 0.15) is 11.1 Å². The SMILES string of the molecule is CSc1nc(C)c(CCC(=O)NN)c(C)c1C#N. The molecule has 1 aromatic rings. The van der Waals surface area contributed by atoms with Gasteiger partial charge in [-0.3, -0.25) is 10.2 Å². The van der Waals surface area contributed by atoms with E-state index in [-0.39, 0.29) is 5.91 Å². The molecule has 0 radical (unpaired) electrons. The van der Waals surface area contributed by atoms with Crippen molar-refractivity contribution in [3.63, 3.8) is 0 Å². The summed E-state index contributed by atoms with van der Waals surface area (Å²) in [5.74, 6) is 4.82. The lowest BCUT2D eigenvalue weighted by molar-refractivity contribution is -0.121. The Morgan fingerprint density at radius 2 is 2.22 bits per heavy atom. The molecule has 1 amide bonds. The molecule has 5 nitrogen and oxygen atoms in total. The molecule has 0 bridgehead atoms. The Hall–Kier alpha value is -1.58. The van der Waals surface area contributed by atoms with E-state index < -0.39 is 0 Å². The Labute approximate surface area is 111 Å². The molecule has 1 heterocycles. The van der Waals surface area contributed by atoms with Gasteiger partial charge in [-0.25, -0.2) is 10.8 Å². The average Bonchev–Trinajstić information content (AvgIpc) is 2.37. The third-order valence-electron chi connectivity index (χ3n) is 2.82. The Kier molecular flexibility index (Phi) is 5.13. The number of carbonyl (C=O) groups is 1. The molecule has 3 N–H and O–H groups in total. The van der Waals surface area contributed by atoms with Crippen LogP contribution in [0.1, 0.15) is 28.8 Å². The van der Waals surface area contributed by atoms with Crippen molar-refractivity contribution in [1.82, 2.24) is 10.4 Å². The lowest BCUT2D eigenvalue weighted by Gasteiger charge is -2.12. The summed E-state index contributed by atoms with van der Waals surface area (Å²) < 4.78 is 0. The minimum atomic E-state index is -0.221. The largest absolute Gasteiger partial charge is 0.294 e. The summed E-state index contributed by atoms with van der Waals surface area (Å²) >= 11 is 1.45. The van der Waals surface area contributed by atoms with Gasteiger partial charge in [0.15, 0.2) is 0 Å². The first-order chi connectivity index (χ1) is 8.54. The number of carbonyl (C=O) groups excluding carboxylic acids is 1. The van der Waals surface area contributed by atoms with E-state index in [1.54, 1.807) is 0 Å². The van der Waals surface area contributed by atoms with Crippen LogP contribution in [-0.2, 0) is 11.2 Å². The van der Waals surface area contributed by atoms with E-state index >= 15 is 0 Å². The fourth-order valence-corrected chi connectivity index (χ4v) is 2.45. The van der Waals surface area contributed by atoms with E-state index in [1.807, 2.05) is 20.1 Å². The molecule has 0 atom stereocenters. The number of hydrogen-bond donors (Lipinski definition) is 2. The number of hydrazine groups is 1. The van der Waals surface area contributed by atoms with Crippen molar-refractivity contribution in [3.8, 4) is 6.07 Å². The molecular formula is C12H16N4OS. The molecular weight excluding hydrogens is 248 g/mol. The number of aromatic nitrogens is 1. The lowest BCUT2D eigenvalue weighted by Crippen LogP contribution is -2.30. The first-order valence-corrected chi connectivity index (χ1v) is 6.71. The van der Waals surface area contributed by atoms with Gasteiger partial charge in [-0.05, 0) is 37.7 Å². The molecule has 0 saturated carbocycles. The fraction of sp³-hybridized carbons (Fsp3) is 0.417. The standard InChI is InChI=1S/C12H16N4OS/c1-7-9(4-5-11(17)16-14)8(2)15-12(18-3)10(7)6-13/h4-5,14H2,1-3H3,(H,16,17). The second-order valence-corrected chi connectivity index (χ2v) is 4.66. The second kappa shape index (κ2) is 6.38. The molecule has 0 saturated heterocycles. The summed E-state index contributed by atoms with van der Waals surface area (Å²) in [4.78, 5) is 15.6. The number of rotatable bonds is 4. The van der Waals surface area contributed by atoms with Crippen molar-refractivity contribution < 1.29 is 4.79 Å². The van der Waals surface area contributed by atoms with Gasteiger partial charge in [-0.2, -0.15) is 5.26 Å². The van der Waals surface area contributed by atoms with Crippen molar-refractivity contribution in [2.45, 2.75) is 31.7 Å². The van der Waals surface area contributed by atoms with Crippen LogP contribution in [0.5, 0.6) is 0 Å². The van der Waals surface area contributed by atoms with Crippen molar-refractivity contribution in [1.29, 1.82) is 5.26 Å². The van der Waals surface area contributed by atoms with E-state index in [0.29, 0.717) is 18.4 Å². The number of pyridine rings is 1. The zero-order valence-corrected chi connectivity index (χ0v) is 11.5. The summed E-state index contributed by atoms with van der Waals surface area (Å²) in [6, 6.07) is 2.18. The van der Waals surface area contributed by atoms with Crippen molar-refractivity contribution in [2.24, 2.45) is 5.84 Å². The minimum Gasteiger partial charge on any atom is -0.294 e. The maximum absolute atomic E-state index is 11.2. The average molecular weight is 264 g/mol.